The lowest BCUT2D eigenvalue weighted by Gasteiger charge is -2.26. The second kappa shape index (κ2) is 10.5. The number of hydrogen-bond acceptors (Lipinski definition) is 5. The van der Waals surface area contributed by atoms with Crippen LogP contribution in [-0.4, -0.2) is 29.1 Å². The van der Waals surface area contributed by atoms with Gasteiger partial charge in [-0.25, -0.2) is 15.2 Å². The van der Waals surface area contributed by atoms with Crippen molar-refractivity contribution >= 4 is 40.0 Å². The summed E-state index contributed by atoms with van der Waals surface area (Å²) in [6.07, 6.45) is 0.117. The van der Waals surface area contributed by atoms with E-state index in [1.165, 1.54) is 5.48 Å². The van der Waals surface area contributed by atoms with Gasteiger partial charge in [-0.15, -0.1) is 0 Å². The fourth-order valence-electron chi connectivity index (χ4n) is 3.81. The molecule has 0 fully saturated rings. The number of hydrogen-bond donors (Lipinski definition) is 4. The molecule has 8 nitrogen and oxygen atoms in total. The zero-order valence-electron chi connectivity index (χ0n) is 18.7. The van der Waals surface area contributed by atoms with Gasteiger partial charge in [0.1, 0.15) is 6.04 Å². The van der Waals surface area contributed by atoms with Gasteiger partial charge in [0.2, 0.25) is 0 Å². The van der Waals surface area contributed by atoms with Gasteiger partial charge in [0.15, 0.2) is 0 Å². The minimum atomic E-state index is -1.11. The fraction of sp³-hybridized carbons (Fsp3) is 0.0741. The Hall–Kier alpha value is -4.69. The molecule has 4 aromatic carbocycles. The van der Waals surface area contributed by atoms with Crippen LogP contribution in [0.2, 0.25) is 0 Å². The van der Waals surface area contributed by atoms with Gasteiger partial charge in [-0.3, -0.25) is 14.8 Å². The zero-order valence-corrected chi connectivity index (χ0v) is 18.7. The minimum absolute atomic E-state index is 0.117. The van der Waals surface area contributed by atoms with Crippen molar-refractivity contribution in [2.75, 3.05) is 10.6 Å². The van der Waals surface area contributed by atoms with Crippen molar-refractivity contribution in [3.8, 4) is 0 Å². The van der Waals surface area contributed by atoms with E-state index in [0.29, 0.717) is 11.3 Å². The fourth-order valence-corrected chi connectivity index (χ4v) is 3.81. The first-order valence-electron chi connectivity index (χ1n) is 10.9. The van der Waals surface area contributed by atoms with Gasteiger partial charge in [-0.05, 0) is 52.7 Å². The van der Waals surface area contributed by atoms with Gasteiger partial charge in [-0.1, -0.05) is 60.7 Å². The number of benzene rings is 4. The number of nitrogens with zero attached hydrogens (tertiary/aromatic N) is 1. The van der Waals surface area contributed by atoms with Crippen LogP contribution in [0.4, 0.5) is 16.2 Å². The molecule has 0 aliphatic carbocycles. The SMILES string of the molecule is Nc1ccc(C(=O)NC(Cc2ccc3ccccc3c2)C(=O)N(C(=O)NO)c2ccccc2)cc1. The van der Waals surface area contributed by atoms with E-state index in [2.05, 4.69) is 5.32 Å². The van der Waals surface area contributed by atoms with Crippen molar-refractivity contribution in [1.29, 1.82) is 0 Å². The van der Waals surface area contributed by atoms with E-state index in [-0.39, 0.29) is 12.1 Å². The van der Waals surface area contributed by atoms with Crippen LogP contribution < -0.4 is 21.4 Å². The van der Waals surface area contributed by atoms with Gasteiger partial charge in [0.25, 0.3) is 11.8 Å². The smallest absolute Gasteiger partial charge is 0.352 e. The number of anilines is 2. The van der Waals surface area contributed by atoms with Crippen molar-refractivity contribution in [2.45, 2.75) is 12.5 Å². The standard InChI is InChI=1S/C27H24N4O4/c28-22-14-12-20(13-15-22)25(32)29-24(17-18-10-11-19-6-4-5-7-21(19)16-18)26(33)31(27(34)30-35)23-8-2-1-3-9-23/h1-16,24,35H,17,28H2,(H,29,32)(H,30,34). The summed E-state index contributed by atoms with van der Waals surface area (Å²) in [5, 5.41) is 14.1. The molecule has 1 atom stereocenters. The van der Waals surface area contributed by atoms with Crippen LogP contribution in [0.5, 0.6) is 0 Å². The number of carbonyl (C=O) groups is 3. The van der Waals surface area contributed by atoms with E-state index < -0.39 is 23.9 Å². The van der Waals surface area contributed by atoms with Crippen molar-refractivity contribution in [3.63, 3.8) is 0 Å². The highest BCUT2D eigenvalue weighted by Gasteiger charge is 2.32. The lowest BCUT2D eigenvalue weighted by molar-refractivity contribution is -0.119. The van der Waals surface area contributed by atoms with Crippen LogP contribution >= 0.6 is 0 Å². The van der Waals surface area contributed by atoms with Crippen LogP contribution in [-0.2, 0) is 11.2 Å². The Morgan fingerprint density at radius 1 is 0.829 bits per heavy atom. The molecule has 0 spiro atoms. The second-order valence-electron chi connectivity index (χ2n) is 7.96. The molecule has 0 bridgehead atoms. The number of carbonyl (C=O) groups excluding carboxylic acids is 3. The molecular formula is C27H24N4O4. The maximum absolute atomic E-state index is 13.7. The van der Waals surface area contributed by atoms with Gasteiger partial charge < -0.3 is 11.1 Å². The molecule has 0 saturated carbocycles. The van der Waals surface area contributed by atoms with Crippen molar-refractivity contribution < 1.29 is 19.6 Å². The van der Waals surface area contributed by atoms with E-state index in [4.69, 9.17) is 5.73 Å². The number of amides is 4. The Kier molecular flexibility index (Phi) is 7.04. The average Bonchev–Trinajstić information content (AvgIpc) is 2.89. The highest BCUT2D eigenvalue weighted by atomic mass is 16.5. The van der Waals surface area contributed by atoms with Gasteiger partial charge in [0, 0.05) is 17.7 Å². The molecular weight excluding hydrogens is 444 g/mol. The summed E-state index contributed by atoms with van der Waals surface area (Å²) in [5.74, 6) is -1.21. The molecule has 0 radical (unpaired) electrons. The normalized spacial score (nSPS) is 11.5. The monoisotopic (exact) mass is 468 g/mol. The third-order valence-electron chi connectivity index (χ3n) is 5.56. The molecule has 5 N–H and O–H groups in total. The molecule has 0 aliphatic heterocycles. The molecule has 4 amide bonds. The molecule has 4 rings (SSSR count). The van der Waals surface area contributed by atoms with Crippen molar-refractivity contribution in [3.05, 3.63) is 108 Å². The van der Waals surface area contributed by atoms with Crippen LogP contribution in [0, 0.1) is 0 Å². The molecule has 0 saturated heterocycles. The second-order valence-corrected chi connectivity index (χ2v) is 7.96. The number of nitrogen functional groups attached to an aromatic ring is 1. The summed E-state index contributed by atoms with van der Waals surface area (Å²) in [7, 11) is 0. The molecule has 1 unspecified atom stereocenters. The summed E-state index contributed by atoms with van der Waals surface area (Å²) in [6.45, 7) is 0. The number of nitrogens with two attached hydrogens (primary N) is 1. The van der Waals surface area contributed by atoms with Crippen molar-refractivity contribution in [1.82, 2.24) is 10.8 Å². The quantitative estimate of drug-likeness (QED) is 0.194. The molecule has 4 aromatic rings. The lowest BCUT2D eigenvalue weighted by atomic mass is 10.00. The third-order valence-corrected chi connectivity index (χ3v) is 5.56. The van der Waals surface area contributed by atoms with Crippen LogP contribution in [0.3, 0.4) is 0 Å². The Morgan fingerprint density at radius 2 is 1.49 bits per heavy atom. The van der Waals surface area contributed by atoms with Gasteiger partial charge in [0.05, 0.1) is 5.69 Å². The maximum atomic E-state index is 13.7. The first kappa shape index (κ1) is 23.5. The van der Waals surface area contributed by atoms with Crippen molar-refractivity contribution in [2.24, 2.45) is 0 Å². The largest absolute Gasteiger partial charge is 0.399 e. The average molecular weight is 469 g/mol. The minimum Gasteiger partial charge on any atom is -0.399 e. The van der Waals surface area contributed by atoms with E-state index in [1.807, 2.05) is 42.5 Å². The molecule has 0 aliphatic rings. The Morgan fingerprint density at radius 3 is 2.17 bits per heavy atom. The van der Waals surface area contributed by atoms with Crippen LogP contribution in [0.1, 0.15) is 15.9 Å². The van der Waals surface area contributed by atoms with Crippen LogP contribution in [0.15, 0.2) is 97.1 Å². The first-order chi connectivity index (χ1) is 17.0. The molecule has 8 heteroatoms. The highest BCUT2D eigenvalue weighted by Crippen LogP contribution is 2.20. The summed E-state index contributed by atoms with van der Waals surface area (Å²) >= 11 is 0. The molecule has 0 heterocycles. The molecule has 0 aromatic heterocycles. The Balaban J connectivity index is 1.69. The van der Waals surface area contributed by atoms with Crippen LogP contribution in [0.25, 0.3) is 10.8 Å². The Bertz CT molecular complexity index is 1360. The first-order valence-corrected chi connectivity index (χ1v) is 10.9. The number of para-hydroxylation sites is 1. The summed E-state index contributed by atoms with van der Waals surface area (Å²) in [5.41, 5.74) is 9.08. The van der Waals surface area contributed by atoms with Gasteiger partial charge >= 0.3 is 6.03 Å². The number of nitrogens with one attached hydrogen (secondary N) is 2. The van der Waals surface area contributed by atoms with E-state index >= 15 is 0 Å². The van der Waals surface area contributed by atoms with Gasteiger partial charge in [-0.2, -0.15) is 0 Å². The number of hydroxylamine groups is 1. The van der Waals surface area contributed by atoms with E-state index in [1.54, 1.807) is 54.6 Å². The number of urea groups is 1. The number of rotatable bonds is 6. The maximum Gasteiger partial charge on any atom is 0.352 e. The van der Waals surface area contributed by atoms with E-state index in [9.17, 15) is 19.6 Å². The summed E-state index contributed by atoms with van der Waals surface area (Å²) < 4.78 is 0. The zero-order chi connectivity index (χ0) is 24.8. The predicted molar refractivity (Wildman–Crippen MR) is 134 cm³/mol. The highest BCUT2D eigenvalue weighted by molar-refractivity contribution is 6.16. The predicted octanol–water partition coefficient (Wildman–Crippen LogP) is 3.90. The molecule has 176 valence electrons. The topological polar surface area (TPSA) is 125 Å². The summed E-state index contributed by atoms with van der Waals surface area (Å²) in [6, 6.07) is 25.8. The van der Waals surface area contributed by atoms with E-state index in [0.717, 1.165) is 21.2 Å². The summed E-state index contributed by atoms with van der Waals surface area (Å²) in [4.78, 5) is 39.9. The molecule has 35 heavy (non-hydrogen) atoms. The lowest BCUT2D eigenvalue weighted by Crippen LogP contribution is -2.54. The third kappa shape index (κ3) is 5.45. The number of imide groups is 1. The Labute approximate surface area is 201 Å². The number of fused-ring (bicyclic) bond motifs is 1.